The van der Waals surface area contributed by atoms with Crippen LogP contribution in [0.3, 0.4) is 0 Å². The molecule has 1 fully saturated rings. The van der Waals surface area contributed by atoms with Crippen LogP contribution in [-0.2, 0) is 4.74 Å². The summed E-state index contributed by atoms with van der Waals surface area (Å²) < 4.78 is 6.67. The number of nitrogens with zero attached hydrogens (tertiary/aromatic N) is 1. The Morgan fingerprint density at radius 1 is 1.47 bits per heavy atom. The average Bonchev–Trinajstić information content (AvgIpc) is 2.57. The number of carbonyl (C=O) groups excluding carboxylic acids is 1. The number of halogens is 1. The van der Waals surface area contributed by atoms with Crippen LogP contribution < -0.4 is 0 Å². The number of ether oxygens (including phenoxy) is 1. The Morgan fingerprint density at radius 2 is 2.06 bits per heavy atom. The highest BCUT2D eigenvalue weighted by Gasteiger charge is 2.27. The van der Waals surface area contributed by atoms with Crippen molar-refractivity contribution < 1.29 is 9.53 Å². The minimum absolute atomic E-state index is 0.116. The van der Waals surface area contributed by atoms with Gasteiger partial charge in [-0.2, -0.15) is 0 Å². The molecule has 0 radical (unpaired) electrons. The quantitative estimate of drug-likeness (QED) is 0.796. The molecule has 0 N–H and O–H groups in total. The number of hydrogen-bond donors (Lipinski definition) is 0. The lowest BCUT2D eigenvalue weighted by atomic mass is 10.2. The van der Waals surface area contributed by atoms with Crippen molar-refractivity contribution in [3.05, 3.63) is 20.3 Å². The van der Waals surface area contributed by atoms with Gasteiger partial charge in [-0.05, 0) is 48.3 Å². The molecule has 0 aromatic carbocycles. The van der Waals surface area contributed by atoms with Gasteiger partial charge >= 0.3 is 0 Å². The van der Waals surface area contributed by atoms with Crippen LogP contribution in [0.1, 0.15) is 29.1 Å². The first-order chi connectivity index (χ1) is 7.97. The molecule has 1 aromatic heterocycles. The fraction of sp³-hybridized carbons (Fsp3) is 0.583. The maximum atomic E-state index is 12.3. The van der Waals surface area contributed by atoms with Crippen LogP contribution in [0.5, 0.6) is 0 Å². The smallest absolute Gasteiger partial charge is 0.264 e. The van der Waals surface area contributed by atoms with E-state index < -0.39 is 0 Å². The largest absolute Gasteiger partial charge is 0.372 e. The standard InChI is InChI=1S/C12H16BrNO2S/c1-7-4-10(17-11(7)13)12(15)14-5-8(2)16-9(3)6-14/h4,8-9H,5-6H2,1-3H3. The van der Waals surface area contributed by atoms with Crippen LogP contribution >= 0.6 is 27.3 Å². The van der Waals surface area contributed by atoms with Crippen molar-refractivity contribution in [2.45, 2.75) is 33.0 Å². The molecular weight excluding hydrogens is 302 g/mol. The highest BCUT2D eigenvalue weighted by Crippen LogP contribution is 2.28. The van der Waals surface area contributed by atoms with Gasteiger partial charge in [0.2, 0.25) is 0 Å². The Labute approximate surface area is 114 Å². The molecule has 17 heavy (non-hydrogen) atoms. The lowest BCUT2D eigenvalue weighted by molar-refractivity contribution is -0.0585. The molecule has 3 nitrogen and oxygen atoms in total. The third kappa shape index (κ3) is 2.89. The van der Waals surface area contributed by atoms with Gasteiger partial charge in [-0.15, -0.1) is 11.3 Å². The van der Waals surface area contributed by atoms with Gasteiger partial charge in [-0.3, -0.25) is 4.79 Å². The van der Waals surface area contributed by atoms with Crippen LogP contribution in [0.15, 0.2) is 9.85 Å². The highest BCUT2D eigenvalue weighted by atomic mass is 79.9. The van der Waals surface area contributed by atoms with E-state index in [0.29, 0.717) is 13.1 Å². The lowest BCUT2D eigenvalue weighted by Gasteiger charge is -2.35. The zero-order valence-electron chi connectivity index (χ0n) is 10.2. The SMILES string of the molecule is Cc1cc(C(=O)N2CC(C)OC(C)C2)sc1Br. The zero-order chi connectivity index (χ0) is 12.6. The third-order valence-corrected chi connectivity index (χ3v) is 4.90. The molecule has 1 amide bonds. The molecule has 2 heterocycles. The number of thiophene rings is 1. The van der Waals surface area contributed by atoms with Crippen molar-refractivity contribution in [1.82, 2.24) is 4.90 Å². The van der Waals surface area contributed by atoms with Crippen molar-refractivity contribution in [3.63, 3.8) is 0 Å². The molecule has 2 rings (SSSR count). The fourth-order valence-electron chi connectivity index (χ4n) is 2.06. The first kappa shape index (κ1) is 13.1. The van der Waals surface area contributed by atoms with Gasteiger partial charge in [-0.1, -0.05) is 0 Å². The molecule has 94 valence electrons. The molecule has 1 aromatic rings. The van der Waals surface area contributed by atoms with Gasteiger partial charge in [-0.25, -0.2) is 0 Å². The first-order valence-electron chi connectivity index (χ1n) is 5.68. The van der Waals surface area contributed by atoms with Gasteiger partial charge < -0.3 is 9.64 Å². The minimum Gasteiger partial charge on any atom is -0.372 e. The van der Waals surface area contributed by atoms with Crippen LogP contribution in [-0.4, -0.2) is 36.1 Å². The molecule has 0 bridgehead atoms. The average molecular weight is 318 g/mol. The number of carbonyl (C=O) groups is 1. The maximum Gasteiger partial charge on any atom is 0.264 e. The molecule has 0 saturated carbocycles. The minimum atomic E-state index is 0.116. The predicted molar refractivity (Wildman–Crippen MR) is 72.7 cm³/mol. The van der Waals surface area contributed by atoms with Gasteiger partial charge in [0.25, 0.3) is 5.91 Å². The first-order valence-corrected chi connectivity index (χ1v) is 7.29. The summed E-state index contributed by atoms with van der Waals surface area (Å²) in [6.45, 7) is 7.37. The van der Waals surface area contributed by atoms with Gasteiger partial charge in [0.15, 0.2) is 0 Å². The van der Waals surface area contributed by atoms with E-state index in [1.807, 2.05) is 31.7 Å². The molecule has 5 heteroatoms. The van der Waals surface area contributed by atoms with E-state index in [9.17, 15) is 4.79 Å². The third-order valence-electron chi connectivity index (χ3n) is 2.77. The second-order valence-electron chi connectivity index (χ2n) is 4.53. The lowest BCUT2D eigenvalue weighted by Crippen LogP contribution is -2.48. The summed E-state index contributed by atoms with van der Waals surface area (Å²) in [5, 5.41) is 0. The number of aryl methyl sites for hydroxylation is 1. The molecule has 0 aliphatic carbocycles. The van der Waals surface area contributed by atoms with E-state index in [1.54, 1.807) is 0 Å². The second-order valence-corrected chi connectivity index (χ2v) is 6.90. The summed E-state index contributed by atoms with van der Waals surface area (Å²) in [5.74, 6) is 0.116. The molecule has 1 aliphatic rings. The van der Waals surface area contributed by atoms with Crippen molar-refractivity contribution >= 4 is 33.2 Å². The van der Waals surface area contributed by atoms with Crippen molar-refractivity contribution in [2.75, 3.05) is 13.1 Å². The number of rotatable bonds is 1. The normalized spacial score (nSPS) is 25.1. The second kappa shape index (κ2) is 5.08. The Balaban J connectivity index is 2.14. The van der Waals surface area contributed by atoms with E-state index in [2.05, 4.69) is 15.9 Å². The summed E-state index contributed by atoms with van der Waals surface area (Å²) in [4.78, 5) is 15.0. The Bertz CT molecular complexity index is 403. The number of morpholine rings is 1. The van der Waals surface area contributed by atoms with Gasteiger partial charge in [0, 0.05) is 13.1 Å². The Hall–Kier alpha value is -0.390. The van der Waals surface area contributed by atoms with Crippen molar-refractivity contribution in [3.8, 4) is 0 Å². The monoisotopic (exact) mass is 317 g/mol. The highest BCUT2D eigenvalue weighted by molar-refractivity contribution is 9.11. The zero-order valence-corrected chi connectivity index (χ0v) is 12.6. The fourth-order valence-corrected chi connectivity index (χ4v) is 3.57. The summed E-state index contributed by atoms with van der Waals surface area (Å²) in [6.07, 6.45) is 0.236. The van der Waals surface area contributed by atoms with Crippen LogP contribution in [0.25, 0.3) is 0 Å². The van der Waals surface area contributed by atoms with Crippen LogP contribution in [0, 0.1) is 6.92 Å². The number of amides is 1. The van der Waals surface area contributed by atoms with E-state index >= 15 is 0 Å². The molecule has 2 unspecified atom stereocenters. The maximum absolute atomic E-state index is 12.3. The van der Waals surface area contributed by atoms with Crippen LogP contribution in [0.2, 0.25) is 0 Å². The Kier molecular flexibility index (Phi) is 3.90. The topological polar surface area (TPSA) is 29.5 Å². The summed E-state index contributed by atoms with van der Waals surface area (Å²) in [7, 11) is 0. The van der Waals surface area contributed by atoms with Crippen molar-refractivity contribution in [2.24, 2.45) is 0 Å². The predicted octanol–water partition coefficient (Wildman–Crippen LogP) is 3.07. The van der Waals surface area contributed by atoms with Gasteiger partial charge in [0.1, 0.15) is 0 Å². The van der Waals surface area contributed by atoms with Gasteiger partial charge in [0.05, 0.1) is 20.9 Å². The van der Waals surface area contributed by atoms with E-state index in [4.69, 9.17) is 4.74 Å². The molecule has 1 aliphatic heterocycles. The summed E-state index contributed by atoms with van der Waals surface area (Å²) in [5.41, 5.74) is 1.12. The molecule has 1 saturated heterocycles. The van der Waals surface area contributed by atoms with Crippen LogP contribution in [0.4, 0.5) is 0 Å². The van der Waals surface area contributed by atoms with E-state index in [0.717, 1.165) is 14.2 Å². The molecule has 0 spiro atoms. The number of hydrogen-bond acceptors (Lipinski definition) is 3. The van der Waals surface area contributed by atoms with E-state index in [1.165, 1.54) is 11.3 Å². The van der Waals surface area contributed by atoms with Crippen molar-refractivity contribution in [1.29, 1.82) is 0 Å². The molecular formula is C12H16BrNO2S. The summed E-state index contributed by atoms with van der Waals surface area (Å²) in [6, 6.07) is 1.95. The molecule has 2 atom stereocenters. The van der Waals surface area contributed by atoms with E-state index in [-0.39, 0.29) is 18.1 Å². The Morgan fingerprint density at radius 3 is 2.53 bits per heavy atom. The summed E-state index contributed by atoms with van der Waals surface area (Å²) >= 11 is 4.96.